The smallest absolute Gasteiger partial charge is 0.0266 e. The molecule has 2 rings (SSSR count). The van der Waals surface area contributed by atoms with Crippen molar-refractivity contribution in [2.75, 3.05) is 0 Å². The normalized spacial score (nSPS) is 28.1. The van der Waals surface area contributed by atoms with Gasteiger partial charge in [0, 0.05) is 6.04 Å². The highest BCUT2D eigenvalue weighted by Gasteiger charge is 2.37. The number of rotatable bonds is 4. The quantitative estimate of drug-likeness (QED) is 0.567. The Bertz CT molecular complexity index is 203. The van der Waals surface area contributed by atoms with Crippen LogP contribution in [0.3, 0.4) is 0 Å². The zero-order valence-corrected chi connectivity index (χ0v) is 10.8. The lowest BCUT2D eigenvalue weighted by Gasteiger charge is -2.37. The summed E-state index contributed by atoms with van der Waals surface area (Å²) in [6, 6.07) is 0.554. The second-order valence-corrected chi connectivity index (χ2v) is 6.32. The molecule has 94 valence electrons. The van der Waals surface area contributed by atoms with E-state index in [2.05, 4.69) is 12.3 Å². The van der Waals surface area contributed by atoms with Crippen LogP contribution < -0.4 is 11.3 Å². The Hall–Kier alpha value is -0.0800. The van der Waals surface area contributed by atoms with E-state index in [0.717, 1.165) is 5.92 Å². The molecule has 0 aliphatic heterocycles. The lowest BCUT2D eigenvalue weighted by Crippen LogP contribution is -2.47. The molecule has 0 amide bonds. The third kappa shape index (κ3) is 2.78. The summed E-state index contributed by atoms with van der Waals surface area (Å²) in [6.45, 7) is 2.44. The maximum atomic E-state index is 5.80. The van der Waals surface area contributed by atoms with Crippen molar-refractivity contribution in [2.24, 2.45) is 17.2 Å². The van der Waals surface area contributed by atoms with Gasteiger partial charge in [-0.1, -0.05) is 51.9 Å². The van der Waals surface area contributed by atoms with E-state index in [1.807, 2.05) is 0 Å². The van der Waals surface area contributed by atoms with E-state index in [9.17, 15) is 0 Å². The highest BCUT2D eigenvalue weighted by molar-refractivity contribution is 4.91. The molecule has 2 saturated carbocycles. The summed E-state index contributed by atoms with van der Waals surface area (Å²) in [7, 11) is 0. The highest BCUT2D eigenvalue weighted by Crippen LogP contribution is 2.43. The van der Waals surface area contributed by atoms with Crippen LogP contribution >= 0.6 is 0 Å². The largest absolute Gasteiger partial charge is 0.271 e. The van der Waals surface area contributed by atoms with Crippen LogP contribution in [-0.4, -0.2) is 6.04 Å². The zero-order valence-electron chi connectivity index (χ0n) is 10.8. The standard InChI is InChI=1S/C14H28N2/c1-14(9-5-6-10-14)13(16-15)11-12-7-3-2-4-8-12/h12-13,16H,2-11,15H2,1H3. The predicted octanol–water partition coefficient (Wildman–Crippen LogP) is 3.37. The number of hydrogen-bond acceptors (Lipinski definition) is 2. The average molecular weight is 224 g/mol. The van der Waals surface area contributed by atoms with Gasteiger partial charge in [0.05, 0.1) is 0 Å². The van der Waals surface area contributed by atoms with Crippen molar-refractivity contribution in [3.63, 3.8) is 0 Å². The van der Waals surface area contributed by atoms with E-state index in [-0.39, 0.29) is 0 Å². The predicted molar refractivity (Wildman–Crippen MR) is 68.9 cm³/mol. The Morgan fingerprint density at radius 1 is 1.12 bits per heavy atom. The van der Waals surface area contributed by atoms with E-state index in [1.54, 1.807) is 0 Å². The molecular formula is C14H28N2. The van der Waals surface area contributed by atoms with Crippen LogP contribution in [0.25, 0.3) is 0 Å². The van der Waals surface area contributed by atoms with Crippen molar-refractivity contribution in [3.05, 3.63) is 0 Å². The lowest BCUT2D eigenvalue weighted by atomic mass is 9.74. The Morgan fingerprint density at radius 2 is 1.75 bits per heavy atom. The van der Waals surface area contributed by atoms with Crippen LogP contribution in [0.2, 0.25) is 0 Å². The van der Waals surface area contributed by atoms with Crippen LogP contribution in [-0.2, 0) is 0 Å². The average Bonchev–Trinajstić information content (AvgIpc) is 2.75. The van der Waals surface area contributed by atoms with Gasteiger partial charge in [-0.2, -0.15) is 0 Å². The Labute approximate surface area is 100 Å². The van der Waals surface area contributed by atoms with E-state index in [1.165, 1.54) is 64.2 Å². The zero-order chi connectivity index (χ0) is 11.4. The first-order chi connectivity index (χ1) is 7.74. The molecule has 0 aromatic carbocycles. The second-order valence-electron chi connectivity index (χ2n) is 6.32. The molecule has 0 radical (unpaired) electrons. The minimum atomic E-state index is 0.478. The van der Waals surface area contributed by atoms with Gasteiger partial charge in [0.2, 0.25) is 0 Å². The van der Waals surface area contributed by atoms with Crippen molar-refractivity contribution >= 4 is 0 Å². The monoisotopic (exact) mass is 224 g/mol. The fourth-order valence-corrected chi connectivity index (χ4v) is 3.84. The third-order valence-electron chi connectivity index (χ3n) is 5.08. The van der Waals surface area contributed by atoms with E-state index < -0.39 is 0 Å². The van der Waals surface area contributed by atoms with Gasteiger partial charge in [0.15, 0.2) is 0 Å². The minimum Gasteiger partial charge on any atom is -0.271 e. The molecule has 16 heavy (non-hydrogen) atoms. The molecule has 0 aromatic heterocycles. The summed E-state index contributed by atoms with van der Waals surface area (Å²) in [6.07, 6.45) is 14.1. The van der Waals surface area contributed by atoms with Crippen molar-refractivity contribution in [1.82, 2.24) is 5.43 Å². The molecule has 0 heterocycles. The molecule has 0 aromatic rings. The summed E-state index contributed by atoms with van der Waals surface area (Å²) in [5.41, 5.74) is 3.61. The van der Waals surface area contributed by atoms with Crippen LogP contribution in [0.5, 0.6) is 0 Å². The molecule has 0 saturated heterocycles. The summed E-state index contributed by atoms with van der Waals surface area (Å²) in [5.74, 6) is 6.74. The van der Waals surface area contributed by atoms with E-state index in [0.29, 0.717) is 11.5 Å². The number of hydrogen-bond donors (Lipinski definition) is 2. The van der Waals surface area contributed by atoms with Gasteiger partial charge in [-0.15, -0.1) is 0 Å². The van der Waals surface area contributed by atoms with Gasteiger partial charge in [0.25, 0.3) is 0 Å². The van der Waals surface area contributed by atoms with Crippen LogP contribution in [0.15, 0.2) is 0 Å². The molecule has 1 atom stereocenters. The molecule has 2 heteroatoms. The van der Waals surface area contributed by atoms with Crippen molar-refractivity contribution in [2.45, 2.75) is 77.2 Å². The summed E-state index contributed by atoms with van der Waals surface area (Å²) >= 11 is 0. The number of nitrogens with one attached hydrogen (secondary N) is 1. The van der Waals surface area contributed by atoms with Crippen LogP contribution in [0, 0.1) is 11.3 Å². The summed E-state index contributed by atoms with van der Waals surface area (Å²) in [4.78, 5) is 0. The second kappa shape index (κ2) is 5.50. The highest BCUT2D eigenvalue weighted by atomic mass is 15.2. The van der Waals surface area contributed by atoms with Gasteiger partial charge in [-0.25, -0.2) is 0 Å². The van der Waals surface area contributed by atoms with Crippen LogP contribution in [0.4, 0.5) is 0 Å². The number of nitrogens with two attached hydrogens (primary N) is 1. The molecule has 1 unspecified atom stereocenters. The molecule has 0 bridgehead atoms. The first kappa shape index (κ1) is 12.4. The van der Waals surface area contributed by atoms with Gasteiger partial charge < -0.3 is 0 Å². The molecule has 2 aliphatic carbocycles. The maximum Gasteiger partial charge on any atom is 0.0266 e. The van der Waals surface area contributed by atoms with E-state index in [4.69, 9.17) is 5.84 Å². The lowest BCUT2D eigenvalue weighted by molar-refractivity contribution is 0.173. The topological polar surface area (TPSA) is 38.0 Å². The number of hydrazine groups is 1. The Kier molecular flexibility index (Phi) is 4.26. The van der Waals surface area contributed by atoms with Gasteiger partial charge >= 0.3 is 0 Å². The molecule has 0 spiro atoms. The third-order valence-corrected chi connectivity index (χ3v) is 5.08. The minimum absolute atomic E-state index is 0.478. The Balaban J connectivity index is 1.88. The fraction of sp³-hybridized carbons (Fsp3) is 1.00. The summed E-state index contributed by atoms with van der Waals surface area (Å²) < 4.78 is 0. The molecule has 2 nitrogen and oxygen atoms in total. The van der Waals surface area contributed by atoms with Gasteiger partial charge in [-0.05, 0) is 30.6 Å². The molecule has 3 N–H and O–H groups in total. The first-order valence-corrected chi connectivity index (χ1v) is 7.21. The molecular weight excluding hydrogens is 196 g/mol. The first-order valence-electron chi connectivity index (χ1n) is 7.21. The van der Waals surface area contributed by atoms with Crippen molar-refractivity contribution < 1.29 is 0 Å². The maximum absolute atomic E-state index is 5.80. The van der Waals surface area contributed by atoms with Crippen molar-refractivity contribution in [3.8, 4) is 0 Å². The fourth-order valence-electron chi connectivity index (χ4n) is 3.84. The molecule has 2 fully saturated rings. The van der Waals surface area contributed by atoms with Crippen molar-refractivity contribution in [1.29, 1.82) is 0 Å². The van der Waals surface area contributed by atoms with Gasteiger partial charge in [0.1, 0.15) is 0 Å². The summed E-state index contributed by atoms with van der Waals surface area (Å²) in [5, 5.41) is 0. The SMILES string of the molecule is CC1(C(CC2CCCCC2)NN)CCCC1. The van der Waals surface area contributed by atoms with Gasteiger partial charge in [-0.3, -0.25) is 11.3 Å². The Morgan fingerprint density at radius 3 is 2.31 bits per heavy atom. The molecule has 2 aliphatic rings. The van der Waals surface area contributed by atoms with E-state index >= 15 is 0 Å². The van der Waals surface area contributed by atoms with Crippen LogP contribution in [0.1, 0.15) is 71.1 Å².